The number of nitrogens with zero attached hydrogens (tertiary/aromatic N) is 4. The normalized spacial score (nSPS) is 16.4. The van der Waals surface area contributed by atoms with Gasteiger partial charge in [-0.05, 0) is 57.3 Å². The Hall–Kier alpha value is -2.76. The molecule has 4 rings (SSSR count). The summed E-state index contributed by atoms with van der Waals surface area (Å²) in [5.41, 5.74) is 1.03. The fraction of sp³-hybridized carbons (Fsp3) is 0.615. The molecule has 1 amide bonds. The van der Waals surface area contributed by atoms with Gasteiger partial charge in [0.05, 0.1) is 18.4 Å². The summed E-state index contributed by atoms with van der Waals surface area (Å²) in [6, 6.07) is 3.69. The predicted octanol–water partition coefficient (Wildman–Crippen LogP) is 5.46. The summed E-state index contributed by atoms with van der Waals surface area (Å²) in [5, 5.41) is 5.10. The number of hydrogen-bond acceptors (Lipinski definition) is 9. The quantitative estimate of drug-likeness (QED) is 0.367. The molecule has 0 aromatic carbocycles. The lowest BCUT2D eigenvalue weighted by Gasteiger charge is -2.33. The first kappa shape index (κ1) is 27.3. The number of pyridine rings is 1. The fourth-order valence-electron chi connectivity index (χ4n) is 3.83. The van der Waals surface area contributed by atoms with Gasteiger partial charge >= 0.3 is 6.09 Å². The van der Waals surface area contributed by atoms with Crippen LogP contribution in [0, 0.1) is 0 Å². The largest absolute Gasteiger partial charge is 0.451 e. The van der Waals surface area contributed by atoms with Crippen molar-refractivity contribution >= 4 is 26.1 Å². The highest BCUT2D eigenvalue weighted by Crippen LogP contribution is 2.31. The van der Waals surface area contributed by atoms with Crippen molar-refractivity contribution in [2.45, 2.75) is 90.9 Å². The second-order valence-electron chi connectivity index (χ2n) is 11.6. The molecule has 1 unspecified atom stereocenters. The SMILES string of the molecule is C[SiH](OCc1nccc2oc(-c3nc(COC4CCN(C(=O)OC(C)(C)C)CC4)no3)cc12)C(C)(C)C. The number of ether oxygens (including phenoxy) is 2. The van der Waals surface area contributed by atoms with Crippen molar-refractivity contribution in [3.05, 3.63) is 29.8 Å². The Labute approximate surface area is 219 Å². The van der Waals surface area contributed by atoms with Crippen LogP contribution in [0.1, 0.15) is 65.9 Å². The van der Waals surface area contributed by atoms with Gasteiger partial charge in [-0.1, -0.05) is 25.9 Å². The Bertz CT molecular complexity index is 1200. The molecule has 202 valence electrons. The molecule has 0 spiro atoms. The Morgan fingerprint density at radius 3 is 2.57 bits per heavy atom. The van der Waals surface area contributed by atoms with Crippen molar-refractivity contribution in [1.82, 2.24) is 20.0 Å². The molecule has 0 aliphatic carbocycles. The molecule has 0 saturated carbocycles. The van der Waals surface area contributed by atoms with Crippen LogP contribution in [-0.2, 0) is 27.1 Å². The molecule has 10 nitrogen and oxygen atoms in total. The van der Waals surface area contributed by atoms with Crippen molar-refractivity contribution in [3.63, 3.8) is 0 Å². The first-order valence-electron chi connectivity index (χ1n) is 12.8. The molecule has 1 saturated heterocycles. The summed E-state index contributed by atoms with van der Waals surface area (Å²) in [6.45, 7) is 16.3. The number of piperidine rings is 1. The lowest BCUT2D eigenvalue weighted by molar-refractivity contribution is -0.0190. The van der Waals surface area contributed by atoms with E-state index >= 15 is 0 Å². The van der Waals surface area contributed by atoms with Crippen molar-refractivity contribution in [3.8, 4) is 11.7 Å². The van der Waals surface area contributed by atoms with Gasteiger partial charge in [0.15, 0.2) is 20.6 Å². The monoisotopic (exact) mass is 530 g/mol. The van der Waals surface area contributed by atoms with Crippen LogP contribution in [0.2, 0.25) is 11.6 Å². The minimum absolute atomic E-state index is 0.0134. The van der Waals surface area contributed by atoms with Gasteiger partial charge in [0, 0.05) is 24.7 Å². The second-order valence-corrected chi connectivity index (χ2v) is 14.9. The first-order chi connectivity index (χ1) is 17.4. The van der Waals surface area contributed by atoms with E-state index in [9.17, 15) is 4.79 Å². The molecule has 11 heteroatoms. The first-order valence-corrected chi connectivity index (χ1v) is 15.0. The fourth-order valence-corrected chi connectivity index (χ4v) is 4.74. The number of carbonyl (C=O) groups is 1. The third-order valence-electron chi connectivity index (χ3n) is 6.44. The predicted molar refractivity (Wildman–Crippen MR) is 140 cm³/mol. The number of rotatable bonds is 7. The molecule has 1 atom stereocenters. The third kappa shape index (κ3) is 7.17. The molecule has 4 heterocycles. The number of carbonyl (C=O) groups excluding carboxylic acids is 1. The van der Waals surface area contributed by atoms with Crippen LogP contribution in [0.3, 0.4) is 0 Å². The zero-order valence-electron chi connectivity index (χ0n) is 22.9. The molecular weight excluding hydrogens is 492 g/mol. The van der Waals surface area contributed by atoms with E-state index in [1.165, 1.54) is 0 Å². The number of aromatic nitrogens is 3. The van der Waals surface area contributed by atoms with E-state index in [1.807, 2.05) is 32.9 Å². The van der Waals surface area contributed by atoms with Crippen LogP contribution in [0.15, 0.2) is 27.3 Å². The molecule has 0 N–H and O–H groups in total. The standard InChI is InChI=1S/C26H38N4O6Si/c1-25(2,3)35-24(31)30-12-9-17(10-13-30)32-16-22-28-23(36-29-22)21-14-18-19(27-11-8-20(18)34-21)15-33-37(7)26(4,5)6/h8,11,14,17,37H,9-10,12-13,15-16H2,1-7H3. The van der Waals surface area contributed by atoms with Crippen molar-refractivity contribution in [1.29, 1.82) is 0 Å². The van der Waals surface area contributed by atoms with Gasteiger partial charge in [-0.25, -0.2) is 4.79 Å². The van der Waals surface area contributed by atoms with E-state index in [2.05, 4.69) is 42.4 Å². The van der Waals surface area contributed by atoms with E-state index in [-0.39, 0.29) is 23.8 Å². The molecule has 1 aliphatic rings. The van der Waals surface area contributed by atoms with Crippen LogP contribution in [0.4, 0.5) is 4.79 Å². The Balaban J connectivity index is 1.32. The second kappa shape index (κ2) is 10.9. The van der Waals surface area contributed by atoms with E-state index in [4.69, 9.17) is 22.8 Å². The summed E-state index contributed by atoms with van der Waals surface area (Å²) in [4.78, 5) is 22.9. The van der Waals surface area contributed by atoms with E-state index in [0.29, 0.717) is 42.8 Å². The molecule has 0 bridgehead atoms. The number of hydrogen-bond donors (Lipinski definition) is 0. The van der Waals surface area contributed by atoms with Gasteiger partial charge in [-0.2, -0.15) is 4.98 Å². The maximum Gasteiger partial charge on any atom is 0.410 e. The zero-order chi connectivity index (χ0) is 26.8. The zero-order valence-corrected chi connectivity index (χ0v) is 24.0. The van der Waals surface area contributed by atoms with E-state index in [1.54, 1.807) is 11.1 Å². The van der Waals surface area contributed by atoms with Crippen LogP contribution >= 0.6 is 0 Å². The molecule has 1 aliphatic heterocycles. The van der Waals surface area contributed by atoms with Crippen molar-refractivity contribution in [2.24, 2.45) is 0 Å². The number of amides is 1. The summed E-state index contributed by atoms with van der Waals surface area (Å²) in [5.74, 6) is 1.21. The Kier molecular flexibility index (Phi) is 8.05. The average Bonchev–Trinajstić information content (AvgIpc) is 3.47. The number of likely N-dealkylation sites (tertiary alicyclic amines) is 1. The average molecular weight is 531 g/mol. The summed E-state index contributed by atoms with van der Waals surface area (Å²) >= 11 is 0. The van der Waals surface area contributed by atoms with Crippen LogP contribution in [0.5, 0.6) is 0 Å². The maximum absolute atomic E-state index is 12.2. The Morgan fingerprint density at radius 2 is 1.89 bits per heavy atom. The number of fused-ring (bicyclic) bond motifs is 1. The van der Waals surface area contributed by atoms with Gasteiger partial charge in [0.2, 0.25) is 0 Å². The van der Waals surface area contributed by atoms with Gasteiger partial charge < -0.3 is 27.7 Å². The van der Waals surface area contributed by atoms with Gasteiger partial charge in [-0.15, -0.1) is 0 Å². The lowest BCUT2D eigenvalue weighted by atomic mass is 10.1. The smallest absolute Gasteiger partial charge is 0.410 e. The van der Waals surface area contributed by atoms with Gasteiger partial charge in [-0.3, -0.25) is 4.98 Å². The van der Waals surface area contributed by atoms with Crippen molar-refractivity contribution < 1.29 is 27.6 Å². The van der Waals surface area contributed by atoms with E-state index < -0.39 is 14.6 Å². The minimum Gasteiger partial charge on any atom is -0.451 e. The summed E-state index contributed by atoms with van der Waals surface area (Å²) in [7, 11) is -1.38. The highest BCUT2D eigenvalue weighted by Gasteiger charge is 2.28. The highest BCUT2D eigenvalue weighted by molar-refractivity contribution is 6.53. The molecule has 3 aromatic heterocycles. The van der Waals surface area contributed by atoms with Gasteiger partial charge in [0.1, 0.15) is 17.8 Å². The van der Waals surface area contributed by atoms with Gasteiger partial charge in [0.25, 0.3) is 5.89 Å². The molecule has 37 heavy (non-hydrogen) atoms. The minimum atomic E-state index is -1.38. The third-order valence-corrected chi connectivity index (χ3v) is 9.54. The topological polar surface area (TPSA) is 113 Å². The summed E-state index contributed by atoms with van der Waals surface area (Å²) < 4.78 is 29.1. The molecular formula is C26H38N4O6Si. The number of furan rings is 1. The maximum atomic E-state index is 12.2. The van der Waals surface area contributed by atoms with Crippen LogP contribution < -0.4 is 0 Å². The molecule has 1 fully saturated rings. The molecule has 0 radical (unpaired) electrons. The Morgan fingerprint density at radius 1 is 1.16 bits per heavy atom. The van der Waals surface area contributed by atoms with E-state index in [0.717, 1.165) is 23.9 Å². The lowest BCUT2D eigenvalue weighted by Crippen LogP contribution is -2.43. The summed E-state index contributed by atoms with van der Waals surface area (Å²) in [6.07, 6.45) is 2.90. The van der Waals surface area contributed by atoms with Crippen LogP contribution in [-0.4, -0.2) is 60.0 Å². The van der Waals surface area contributed by atoms with Crippen molar-refractivity contribution in [2.75, 3.05) is 13.1 Å². The highest BCUT2D eigenvalue weighted by atomic mass is 28.3. The molecule has 3 aromatic rings. The van der Waals surface area contributed by atoms with Crippen LogP contribution in [0.25, 0.3) is 22.6 Å².